The molecule has 0 amide bonds. The van der Waals surface area contributed by atoms with Gasteiger partial charge in [0, 0.05) is 25.3 Å². The summed E-state index contributed by atoms with van der Waals surface area (Å²) in [6, 6.07) is 2.82. The van der Waals surface area contributed by atoms with E-state index in [0.717, 1.165) is 0 Å². The number of aliphatic hydroxyl groups is 1. The zero-order valence-electron chi connectivity index (χ0n) is 19.3. The van der Waals surface area contributed by atoms with E-state index >= 15 is 0 Å². The molecular weight excluding hydrogens is 428 g/mol. The van der Waals surface area contributed by atoms with E-state index in [-0.39, 0.29) is 19.5 Å². The molecule has 5 N–H and O–H groups in total. The molecule has 3 rings (SSSR count). The molecule has 2 saturated heterocycles. The van der Waals surface area contributed by atoms with Crippen LogP contribution in [-0.2, 0) is 14.4 Å². The van der Waals surface area contributed by atoms with Gasteiger partial charge in [-0.2, -0.15) is 0 Å². The highest BCUT2D eigenvalue weighted by atomic mass is 16.4. The van der Waals surface area contributed by atoms with Crippen molar-refractivity contribution in [2.24, 2.45) is 16.6 Å². The van der Waals surface area contributed by atoms with E-state index in [9.17, 15) is 29.7 Å². The fourth-order valence-corrected chi connectivity index (χ4v) is 5.94. The largest absolute Gasteiger partial charge is 0.481 e. The van der Waals surface area contributed by atoms with E-state index in [1.54, 1.807) is 48.2 Å². The van der Waals surface area contributed by atoms with E-state index < -0.39 is 52.8 Å². The summed E-state index contributed by atoms with van der Waals surface area (Å²) < 4.78 is 0. The molecule has 10 nitrogen and oxygen atoms in total. The van der Waals surface area contributed by atoms with Crippen molar-refractivity contribution in [2.45, 2.75) is 57.3 Å². The van der Waals surface area contributed by atoms with Crippen LogP contribution in [0.3, 0.4) is 0 Å². The predicted molar refractivity (Wildman–Crippen MR) is 119 cm³/mol. The molecule has 1 aromatic rings. The summed E-state index contributed by atoms with van der Waals surface area (Å²) in [5, 5.41) is 32.1. The Morgan fingerprint density at radius 1 is 1.21 bits per heavy atom. The topological polar surface area (TPSA) is 157 Å². The molecule has 0 saturated carbocycles. The number of nitrogens with two attached hydrogens (primary N) is 1. The first-order valence-corrected chi connectivity index (χ1v) is 11.3. The Labute approximate surface area is 193 Å². The smallest absolute Gasteiger partial charge is 0.320 e. The second-order valence-electron chi connectivity index (χ2n) is 9.39. The molecule has 0 aromatic carbocycles. The van der Waals surface area contributed by atoms with Crippen LogP contribution in [0.25, 0.3) is 0 Å². The van der Waals surface area contributed by atoms with Crippen LogP contribution >= 0.6 is 0 Å². The number of likely N-dealkylation sites (tertiary alicyclic amines) is 2. The molecule has 10 heteroatoms. The number of fused-ring (bicyclic) bond motifs is 2. The van der Waals surface area contributed by atoms with Crippen LogP contribution in [-0.4, -0.2) is 92.7 Å². The van der Waals surface area contributed by atoms with Crippen LogP contribution in [0.5, 0.6) is 0 Å². The monoisotopic (exact) mass is 462 g/mol. The molecule has 33 heavy (non-hydrogen) atoms. The Morgan fingerprint density at radius 3 is 2.39 bits per heavy atom. The van der Waals surface area contributed by atoms with Gasteiger partial charge < -0.3 is 21.1 Å². The molecule has 2 aliphatic rings. The summed E-state index contributed by atoms with van der Waals surface area (Å²) >= 11 is 0. The second-order valence-corrected chi connectivity index (χ2v) is 9.39. The van der Waals surface area contributed by atoms with Crippen LogP contribution in [0.1, 0.15) is 44.8 Å². The molecule has 6 atom stereocenters. The molecule has 3 heterocycles. The minimum absolute atomic E-state index is 0.0869. The van der Waals surface area contributed by atoms with Gasteiger partial charge in [-0.3, -0.25) is 29.2 Å². The van der Waals surface area contributed by atoms with Gasteiger partial charge in [0.05, 0.1) is 23.3 Å². The number of hydrogen-bond acceptors (Lipinski definition) is 8. The maximum atomic E-state index is 13.3. The van der Waals surface area contributed by atoms with Gasteiger partial charge in [0.1, 0.15) is 17.2 Å². The lowest BCUT2D eigenvalue weighted by Gasteiger charge is -2.65. The van der Waals surface area contributed by atoms with Crippen LogP contribution in [0.2, 0.25) is 0 Å². The molecule has 182 valence electrons. The number of ketones is 1. The quantitative estimate of drug-likeness (QED) is 0.378. The zero-order chi connectivity index (χ0) is 24.6. The number of hydrogen-bond donors (Lipinski definition) is 4. The third-order valence-corrected chi connectivity index (χ3v) is 7.84. The Morgan fingerprint density at radius 2 is 1.88 bits per heavy atom. The van der Waals surface area contributed by atoms with Gasteiger partial charge in [0.2, 0.25) is 0 Å². The van der Waals surface area contributed by atoms with Gasteiger partial charge in [0.25, 0.3) is 0 Å². The molecular formula is C23H34N4O6. The molecule has 2 bridgehead atoms. The lowest BCUT2D eigenvalue weighted by molar-refractivity contribution is -0.238. The van der Waals surface area contributed by atoms with E-state index in [2.05, 4.69) is 4.98 Å². The standard InChI is InChI=1S/C23H34N4O6/c1-14-22(21(32)33)12-27(17(19(29)30)9-4-6-10-24)13-23(15(2)28,20(22)31)18(26(14)3)16-8-5-7-11-25-16/h5,7-8,11,14,17-18,20,31H,4,6,9-10,12-13,24H2,1-3H3,(H,29,30)(H,32,33)/t14-,17?,18+,20-,22?,23?/m0/s1. The number of pyridine rings is 1. The van der Waals surface area contributed by atoms with Gasteiger partial charge in [-0.1, -0.05) is 12.5 Å². The molecule has 1 aromatic heterocycles. The van der Waals surface area contributed by atoms with E-state index in [4.69, 9.17) is 5.73 Å². The summed E-state index contributed by atoms with van der Waals surface area (Å²) in [5.74, 6) is -2.74. The number of nitrogens with zero attached hydrogens (tertiary/aromatic N) is 3. The summed E-state index contributed by atoms with van der Waals surface area (Å²) in [4.78, 5) is 46.1. The summed E-state index contributed by atoms with van der Waals surface area (Å²) in [6.45, 7) is 3.19. The Hall–Kier alpha value is -2.40. The molecule has 0 aliphatic carbocycles. The predicted octanol–water partition coefficient (Wildman–Crippen LogP) is 0.362. The van der Waals surface area contributed by atoms with Gasteiger partial charge in [0.15, 0.2) is 0 Å². The van der Waals surface area contributed by atoms with Crippen LogP contribution < -0.4 is 5.73 Å². The number of aliphatic hydroxyl groups excluding tert-OH is 1. The third-order valence-electron chi connectivity index (χ3n) is 7.84. The lowest BCUT2D eigenvalue weighted by Crippen LogP contribution is -2.79. The fraction of sp³-hybridized carbons (Fsp3) is 0.652. The van der Waals surface area contributed by atoms with Crippen molar-refractivity contribution in [1.82, 2.24) is 14.8 Å². The average Bonchev–Trinajstić information content (AvgIpc) is 2.77. The van der Waals surface area contributed by atoms with Gasteiger partial charge >= 0.3 is 11.9 Å². The fourth-order valence-electron chi connectivity index (χ4n) is 5.94. The molecule has 2 aliphatic heterocycles. The van der Waals surface area contributed by atoms with Crippen molar-refractivity contribution < 1.29 is 29.7 Å². The maximum Gasteiger partial charge on any atom is 0.320 e. The molecule has 2 fully saturated rings. The van der Waals surface area contributed by atoms with Crippen molar-refractivity contribution in [1.29, 1.82) is 0 Å². The van der Waals surface area contributed by atoms with Crippen LogP contribution in [0.4, 0.5) is 0 Å². The lowest BCUT2D eigenvalue weighted by atomic mass is 9.53. The summed E-state index contributed by atoms with van der Waals surface area (Å²) in [6.07, 6.45) is 1.52. The number of aromatic nitrogens is 1. The van der Waals surface area contributed by atoms with Crippen molar-refractivity contribution in [3.63, 3.8) is 0 Å². The Kier molecular flexibility index (Phi) is 7.23. The summed E-state index contributed by atoms with van der Waals surface area (Å²) in [7, 11) is 1.73. The minimum atomic E-state index is -1.76. The highest BCUT2D eigenvalue weighted by molar-refractivity contribution is 5.88. The number of carbonyl (C=O) groups excluding carboxylic acids is 1. The number of aliphatic carboxylic acids is 2. The molecule has 0 radical (unpaired) electrons. The molecule has 0 spiro atoms. The Bertz CT molecular complexity index is 898. The van der Waals surface area contributed by atoms with Gasteiger partial charge in [-0.25, -0.2) is 0 Å². The van der Waals surface area contributed by atoms with Crippen LogP contribution in [0, 0.1) is 10.8 Å². The number of rotatable bonds is 9. The number of carboxylic acid groups (broad SMARTS) is 2. The first kappa shape index (κ1) is 25.2. The number of Topliss-reactive ketones (excluding diaryl/α,β-unsaturated/α-hetero) is 1. The highest BCUT2D eigenvalue weighted by Gasteiger charge is 2.72. The minimum Gasteiger partial charge on any atom is -0.481 e. The van der Waals surface area contributed by atoms with Crippen LogP contribution in [0.15, 0.2) is 24.4 Å². The SMILES string of the molecule is CC(=O)C12CN(C(CCCCN)C(=O)O)CC(C(=O)O)([C@@H]1O)[C@H](C)N(C)[C@@H]2c1ccccn1. The Balaban J connectivity index is 2.21. The van der Waals surface area contributed by atoms with Crippen molar-refractivity contribution in [3.05, 3.63) is 30.1 Å². The van der Waals surface area contributed by atoms with E-state index in [0.29, 0.717) is 25.1 Å². The van der Waals surface area contributed by atoms with E-state index in [1.807, 2.05) is 0 Å². The maximum absolute atomic E-state index is 13.3. The second kappa shape index (κ2) is 9.46. The third kappa shape index (κ3) is 3.84. The first-order chi connectivity index (χ1) is 15.6. The van der Waals surface area contributed by atoms with Crippen molar-refractivity contribution in [3.8, 4) is 0 Å². The average molecular weight is 463 g/mol. The van der Waals surface area contributed by atoms with Crippen molar-refractivity contribution >= 4 is 17.7 Å². The number of carbonyl (C=O) groups is 3. The van der Waals surface area contributed by atoms with E-state index in [1.165, 1.54) is 6.92 Å². The highest BCUT2D eigenvalue weighted by Crippen LogP contribution is 2.58. The normalized spacial score (nSPS) is 33.4. The number of carboxylic acids is 2. The van der Waals surface area contributed by atoms with Crippen molar-refractivity contribution in [2.75, 3.05) is 26.7 Å². The van der Waals surface area contributed by atoms with Gasteiger partial charge in [-0.05, 0) is 52.4 Å². The first-order valence-electron chi connectivity index (χ1n) is 11.3. The number of piperidine rings is 2. The number of unbranched alkanes of at least 4 members (excludes halogenated alkanes) is 1. The van der Waals surface area contributed by atoms with Gasteiger partial charge in [-0.15, -0.1) is 0 Å². The summed E-state index contributed by atoms with van der Waals surface area (Å²) in [5.41, 5.74) is 2.76. The zero-order valence-corrected chi connectivity index (χ0v) is 19.3. The molecule has 3 unspecified atom stereocenters.